The molecule has 1 heterocycles. The van der Waals surface area contributed by atoms with Crippen LogP contribution >= 0.6 is 0 Å². The lowest BCUT2D eigenvalue weighted by Gasteiger charge is -2.29. The number of ether oxygens (including phenoxy) is 1. The average molecular weight is 266 g/mol. The Morgan fingerprint density at radius 1 is 0.950 bits per heavy atom. The van der Waals surface area contributed by atoms with E-state index in [1.165, 1.54) is 11.1 Å². The van der Waals surface area contributed by atoms with Gasteiger partial charge in [0, 0.05) is 0 Å². The van der Waals surface area contributed by atoms with Crippen LogP contribution in [0.1, 0.15) is 41.6 Å². The van der Waals surface area contributed by atoms with E-state index in [1.807, 2.05) is 18.2 Å². The van der Waals surface area contributed by atoms with E-state index < -0.39 is 0 Å². The van der Waals surface area contributed by atoms with Crippen LogP contribution in [0.3, 0.4) is 0 Å². The van der Waals surface area contributed by atoms with Gasteiger partial charge in [-0.15, -0.1) is 0 Å². The molecule has 3 rings (SSSR count). The molecule has 0 radical (unpaired) electrons. The second-order valence-corrected chi connectivity index (χ2v) is 5.44. The number of esters is 1. The first-order valence-corrected chi connectivity index (χ1v) is 7.03. The second kappa shape index (κ2) is 5.49. The van der Waals surface area contributed by atoms with Gasteiger partial charge in [-0.05, 0) is 30.4 Å². The summed E-state index contributed by atoms with van der Waals surface area (Å²) < 4.78 is 5.53. The molecule has 1 saturated heterocycles. The van der Waals surface area contributed by atoms with Gasteiger partial charge in [0.1, 0.15) is 6.10 Å². The highest BCUT2D eigenvalue weighted by atomic mass is 16.5. The minimum Gasteiger partial charge on any atom is -0.457 e. The molecule has 20 heavy (non-hydrogen) atoms. The summed E-state index contributed by atoms with van der Waals surface area (Å²) in [4.78, 5) is 11.9. The van der Waals surface area contributed by atoms with Gasteiger partial charge >= 0.3 is 5.97 Å². The quantitative estimate of drug-likeness (QED) is 0.763. The first-order chi connectivity index (χ1) is 9.72. The smallest absolute Gasteiger partial charge is 0.307 e. The molecular formula is C18H18O2. The van der Waals surface area contributed by atoms with Gasteiger partial charge in [-0.1, -0.05) is 60.2 Å². The molecule has 0 amide bonds. The zero-order valence-electron chi connectivity index (χ0n) is 11.6. The van der Waals surface area contributed by atoms with Crippen molar-refractivity contribution in [2.45, 2.75) is 31.8 Å². The average Bonchev–Trinajstić information content (AvgIpc) is 2.48. The van der Waals surface area contributed by atoms with Crippen LogP contribution in [0, 0.1) is 6.92 Å². The molecule has 2 aromatic carbocycles. The molecule has 0 spiro atoms. The maximum absolute atomic E-state index is 11.9. The van der Waals surface area contributed by atoms with Gasteiger partial charge in [-0.25, -0.2) is 0 Å². The Balaban J connectivity index is 1.83. The van der Waals surface area contributed by atoms with Crippen molar-refractivity contribution in [3.05, 3.63) is 71.3 Å². The molecule has 2 atom stereocenters. The first kappa shape index (κ1) is 12.9. The van der Waals surface area contributed by atoms with Crippen LogP contribution in [-0.2, 0) is 9.53 Å². The van der Waals surface area contributed by atoms with E-state index in [-0.39, 0.29) is 18.0 Å². The Morgan fingerprint density at radius 2 is 1.65 bits per heavy atom. The van der Waals surface area contributed by atoms with Crippen LogP contribution in [-0.4, -0.2) is 5.97 Å². The maximum atomic E-state index is 11.9. The number of benzene rings is 2. The topological polar surface area (TPSA) is 26.3 Å². The van der Waals surface area contributed by atoms with Gasteiger partial charge < -0.3 is 4.74 Å². The normalized spacial score (nSPS) is 22.4. The predicted molar refractivity (Wildman–Crippen MR) is 78.4 cm³/mol. The van der Waals surface area contributed by atoms with E-state index in [1.54, 1.807) is 0 Å². The SMILES string of the molecule is Cc1ccc([C@@H]2C[C@H](c3ccccc3)CC(=O)O2)cc1. The lowest BCUT2D eigenvalue weighted by molar-refractivity contribution is -0.155. The summed E-state index contributed by atoms with van der Waals surface area (Å²) in [5, 5.41) is 0. The molecule has 102 valence electrons. The molecule has 2 heteroatoms. The summed E-state index contributed by atoms with van der Waals surface area (Å²) in [5.74, 6) is 0.152. The zero-order chi connectivity index (χ0) is 13.9. The third-order valence-electron chi connectivity index (χ3n) is 3.91. The number of carbonyl (C=O) groups excluding carboxylic acids is 1. The van der Waals surface area contributed by atoms with Crippen molar-refractivity contribution in [3.63, 3.8) is 0 Å². The summed E-state index contributed by atoms with van der Waals surface area (Å²) in [6.45, 7) is 2.06. The van der Waals surface area contributed by atoms with E-state index in [0.717, 1.165) is 12.0 Å². The number of cyclic esters (lactones) is 1. The molecule has 0 aliphatic carbocycles. The van der Waals surface area contributed by atoms with Gasteiger partial charge in [0.15, 0.2) is 0 Å². The van der Waals surface area contributed by atoms with Crippen LogP contribution in [0.2, 0.25) is 0 Å². The highest BCUT2D eigenvalue weighted by Gasteiger charge is 2.30. The monoisotopic (exact) mass is 266 g/mol. The van der Waals surface area contributed by atoms with Crippen molar-refractivity contribution in [3.8, 4) is 0 Å². The van der Waals surface area contributed by atoms with Crippen molar-refractivity contribution in [1.29, 1.82) is 0 Å². The van der Waals surface area contributed by atoms with Gasteiger partial charge in [-0.2, -0.15) is 0 Å². The zero-order valence-corrected chi connectivity index (χ0v) is 11.6. The molecule has 1 fully saturated rings. The van der Waals surface area contributed by atoms with E-state index in [2.05, 4.69) is 43.3 Å². The van der Waals surface area contributed by atoms with Crippen LogP contribution in [0.15, 0.2) is 54.6 Å². The van der Waals surface area contributed by atoms with Gasteiger partial charge in [0.05, 0.1) is 6.42 Å². The Labute approximate surface area is 119 Å². The third kappa shape index (κ3) is 2.74. The number of rotatable bonds is 2. The van der Waals surface area contributed by atoms with Crippen molar-refractivity contribution >= 4 is 5.97 Å². The predicted octanol–water partition coefficient (Wildman–Crippen LogP) is 4.16. The largest absolute Gasteiger partial charge is 0.457 e. The van der Waals surface area contributed by atoms with Gasteiger partial charge in [0.25, 0.3) is 0 Å². The highest BCUT2D eigenvalue weighted by molar-refractivity contribution is 5.72. The van der Waals surface area contributed by atoms with Crippen LogP contribution in [0.25, 0.3) is 0 Å². The van der Waals surface area contributed by atoms with Gasteiger partial charge in [0.2, 0.25) is 0 Å². The number of hydrogen-bond acceptors (Lipinski definition) is 2. The van der Waals surface area contributed by atoms with E-state index in [9.17, 15) is 4.79 Å². The lowest BCUT2D eigenvalue weighted by Crippen LogP contribution is -2.23. The maximum Gasteiger partial charge on any atom is 0.307 e. The Kier molecular flexibility index (Phi) is 3.55. The molecular weight excluding hydrogens is 248 g/mol. The minimum atomic E-state index is -0.123. The second-order valence-electron chi connectivity index (χ2n) is 5.44. The van der Waals surface area contributed by atoms with Crippen molar-refractivity contribution < 1.29 is 9.53 Å². The summed E-state index contributed by atoms with van der Waals surface area (Å²) in [6, 6.07) is 18.5. The van der Waals surface area contributed by atoms with Crippen LogP contribution in [0.4, 0.5) is 0 Å². The Bertz CT molecular complexity index is 587. The molecule has 0 unspecified atom stereocenters. The molecule has 0 aromatic heterocycles. The number of hydrogen-bond donors (Lipinski definition) is 0. The molecule has 0 N–H and O–H groups in total. The van der Waals surface area contributed by atoms with Crippen LogP contribution in [0.5, 0.6) is 0 Å². The third-order valence-corrected chi connectivity index (χ3v) is 3.91. The first-order valence-electron chi connectivity index (χ1n) is 7.03. The minimum absolute atomic E-state index is 0.101. The Hall–Kier alpha value is -2.09. The van der Waals surface area contributed by atoms with Crippen LogP contribution < -0.4 is 0 Å². The molecule has 0 bridgehead atoms. The van der Waals surface area contributed by atoms with Crippen molar-refractivity contribution in [2.75, 3.05) is 0 Å². The van der Waals surface area contributed by atoms with Crippen molar-refractivity contribution in [2.24, 2.45) is 0 Å². The molecule has 0 saturated carbocycles. The summed E-state index contributed by atoms with van der Waals surface area (Å²) in [6.07, 6.45) is 1.22. The fourth-order valence-corrected chi connectivity index (χ4v) is 2.76. The van der Waals surface area contributed by atoms with E-state index >= 15 is 0 Å². The molecule has 1 aliphatic heterocycles. The summed E-state index contributed by atoms with van der Waals surface area (Å²) in [5.41, 5.74) is 3.53. The number of carbonyl (C=O) groups is 1. The summed E-state index contributed by atoms with van der Waals surface area (Å²) >= 11 is 0. The fraction of sp³-hybridized carbons (Fsp3) is 0.278. The standard InChI is InChI=1S/C18H18O2/c1-13-7-9-15(10-8-13)17-11-16(12-18(19)20-17)14-5-3-2-4-6-14/h2-10,16-17H,11-12H2,1H3/t16-,17-/m0/s1. The molecule has 2 nitrogen and oxygen atoms in total. The summed E-state index contributed by atoms with van der Waals surface area (Å²) in [7, 11) is 0. The number of aryl methyl sites for hydroxylation is 1. The lowest BCUT2D eigenvalue weighted by atomic mass is 9.86. The van der Waals surface area contributed by atoms with Crippen molar-refractivity contribution in [1.82, 2.24) is 0 Å². The highest BCUT2D eigenvalue weighted by Crippen LogP contribution is 2.37. The Morgan fingerprint density at radius 3 is 2.35 bits per heavy atom. The molecule has 2 aromatic rings. The molecule has 1 aliphatic rings. The van der Waals surface area contributed by atoms with E-state index in [0.29, 0.717) is 6.42 Å². The van der Waals surface area contributed by atoms with E-state index in [4.69, 9.17) is 4.74 Å². The van der Waals surface area contributed by atoms with Gasteiger partial charge in [-0.3, -0.25) is 4.79 Å². The fourth-order valence-electron chi connectivity index (χ4n) is 2.76.